The molecular formula is C20H20N4O2. The maximum atomic E-state index is 12.9. The largest absolute Gasteiger partial charge is 0.463 e. The van der Waals surface area contributed by atoms with E-state index in [1.165, 1.54) is 11.1 Å². The lowest BCUT2D eigenvalue weighted by Crippen LogP contribution is -2.17. The molecule has 0 saturated carbocycles. The number of carbonyl (C=O) groups is 1. The molecule has 4 aromatic rings. The highest BCUT2D eigenvalue weighted by Crippen LogP contribution is 2.24. The van der Waals surface area contributed by atoms with Crippen molar-refractivity contribution in [3.8, 4) is 0 Å². The van der Waals surface area contributed by atoms with Crippen LogP contribution in [0.3, 0.4) is 0 Å². The van der Waals surface area contributed by atoms with Crippen LogP contribution in [0.1, 0.15) is 28.5 Å². The van der Waals surface area contributed by atoms with Gasteiger partial charge in [-0.3, -0.25) is 9.48 Å². The summed E-state index contributed by atoms with van der Waals surface area (Å²) in [5.74, 6) is -0.180. The summed E-state index contributed by atoms with van der Waals surface area (Å²) in [4.78, 5) is 12.9. The minimum Gasteiger partial charge on any atom is -0.463 e. The molecule has 1 amide bonds. The number of aromatic nitrogens is 3. The van der Waals surface area contributed by atoms with E-state index >= 15 is 0 Å². The molecule has 0 aliphatic rings. The molecule has 3 aromatic heterocycles. The van der Waals surface area contributed by atoms with E-state index in [9.17, 15) is 4.79 Å². The number of nitrogens with zero attached hydrogens (tertiary/aromatic N) is 3. The van der Waals surface area contributed by atoms with Crippen molar-refractivity contribution < 1.29 is 9.21 Å². The monoisotopic (exact) mass is 348 g/mol. The first-order valence-corrected chi connectivity index (χ1v) is 8.60. The molecule has 0 atom stereocenters. The van der Waals surface area contributed by atoms with Gasteiger partial charge in [0.15, 0.2) is 5.58 Å². The topological polar surface area (TPSA) is 65.0 Å². The van der Waals surface area contributed by atoms with Crippen LogP contribution in [0.5, 0.6) is 0 Å². The van der Waals surface area contributed by atoms with Crippen molar-refractivity contribution in [2.45, 2.75) is 26.9 Å². The van der Waals surface area contributed by atoms with Crippen LogP contribution in [0.25, 0.3) is 11.1 Å². The van der Waals surface area contributed by atoms with Gasteiger partial charge in [0.2, 0.25) is 0 Å². The van der Waals surface area contributed by atoms with Crippen molar-refractivity contribution in [2.24, 2.45) is 0 Å². The number of benzene rings is 1. The van der Waals surface area contributed by atoms with Crippen LogP contribution in [0.15, 0.2) is 59.5 Å². The Labute approximate surface area is 151 Å². The highest BCUT2D eigenvalue weighted by Gasteiger charge is 2.18. The molecule has 0 aliphatic heterocycles. The number of nitrogens with one attached hydrogen (secondary N) is 1. The second-order valence-electron chi connectivity index (χ2n) is 6.25. The summed E-state index contributed by atoms with van der Waals surface area (Å²) in [5, 5.41) is 7.11. The van der Waals surface area contributed by atoms with E-state index in [2.05, 4.69) is 29.5 Å². The van der Waals surface area contributed by atoms with Gasteiger partial charge in [0.1, 0.15) is 5.69 Å². The first-order valence-electron chi connectivity index (χ1n) is 8.60. The van der Waals surface area contributed by atoms with Gasteiger partial charge in [-0.05, 0) is 25.0 Å². The molecule has 3 heterocycles. The van der Waals surface area contributed by atoms with E-state index < -0.39 is 0 Å². The lowest BCUT2D eigenvalue weighted by atomic mass is 10.1. The van der Waals surface area contributed by atoms with Crippen LogP contribution in [-0.4, -0.2) is 20.3 Å². The number of amides is 1. The van der Waals surface area contributed by atoms with E-state index in [1.54, 1.807) is 23.2 Å². The predicted molar refractivity (Wildman–Crippen MR) is 100 cm³/mol. The molecule has 4 rings (SSSR count). The lowest BCUT2D eigenvalue weighted by Gasteiger charge is -2.12. The molecule has 1 aromatic carbocycles. The smallest absolute Gasteiger partial charge is 0.272 e. The number of hydrogen-bond acceptors (Lipinski definition) is 3. The Bertz CT molecular complexity index is 1070. The molecule has 0 spiro atoms. The Hall–Kier alpha value is -3.28. The zero-order valence-electron chi connectivity index (χ0n) is 14.8. The highest BCUT2D eigenvalue weighted by atomic mass is 16.3. The quantitative estimate of drug-likeness (QED) is 0.591. The van der Waals surface area contributed by atoms with Crippen molar-refractivity contribution in [1.82, 2.24) is 14.3 Å². The third-order valence-electron chi connectivity index (χ3n) is 4.56. The van der Waals surface area contributed by atoms with Crippen LogP contribution in [0.2, 0.25) is 0 Å². The first kappa shape index (κ1) is 16.2. The van der Waals surface area contributed by atoms with Gasteiger partial charge in [0.05, 0.1) is 23.7 Å². The predicted octanol–water partition coefficient (Wildman–Crippen LogP) is 4.06. The number of anilines is 1. The molecule has 132 valence electrons. The maximum absolute atomic E-state index is 12.9. The Morgan fingerprint density at radius 3 is 2.88 bits per heavy atom. The minimum atomic E-state index is -0.180. The summed E-state index contributed by atoms with van der Waals surface area (Å²) in [6.45, 7) is 5.43. The third-order valence-corrected chi connectivity index (χ3v) is 4.56. The van der Waals surface area contributed by atoms with Gasteiger partial charge in [-0.2, -0.15) is 5.10 Å². The molecule has 0 radical (unpaired) electrons. The normalized spacial score (nSPS) is 11.2. The zero-order valence-corrected chi connectivity index (χ0v) is 14.8. The zero-order chi connectivity index (χ0) is 18.1. The van der Waals surface area contributed by atoms with Crippen molar-refractivity contribution in [3.05, 3.63) is 71.9 Å². The van der Waals surface area contributed by atoms with Crippen LogP contribution >= 0.6 is 0 Å². The van der Waals surface area contributed by atoms with Crippen molar-refractivity contribution in [1.29, 1.82) is 0 Å². The van der Waals surface area contributed by atoms with Gasteiger partial charge in [-0.1, -0.05) is 24.3 Å². The maximum Gasteiger partial charge on any atom is 0.272 e. The van der Waals surface area contributed by atoms with Gasteiger partial charge in [0.25, 0.3) is 5.91 Å². The number of aryl methyl sites for hydroxylation is 2. The van der Waals surface area contributed by atoms with Gasteiger partial charge < -0.3 is 14.3 Å². The Kier molecular flexibility index (Phi) is 4.08. The fraction of sp³-hybridized carbons (Fsp3) is 0.200. The van der Waals surface area contributed by atoms with Gasteiger partial charge >= 0.3 is 0 Å². The summed E-state index contributed by atoms with van der Waals surface area (Å²) >= 11 is 0. The van der Waals surface area contributed by atoms with Crippen molar-refractivity contribution in [2.75, 3.05) is 5.32 Å². The molecule has 0 saturated heterocycles. The van der Waals surface area contributed by atoms with Crippen LogP contribution in [0.4, 0.5) is 5.69 Å². The van der Waals surface area contributed by atoms with Crippen LogP contribution in [-0.2, 0) is 13.1 Å². The molecule has 26 heavy (non-hydrogen) atoms. The van der Waals surface area contributed by atoms with Gasteiger partial charge in [-0.25, -0.2) is 0 Å². The molecule has 0 unspecified atom stereocenters. The van der Waals surface area contributed by atoms with E-state index in [4.69, 9.17) is 4.42 Å². The Morgan fingerprint density at radius 1 is 1.27 bits per heavy atom. The number of carbonyl (C=O) groups excluding carboxylic acids is 1. The second kappa shape index (κ2) is 6.55. The summed E-state index contributed by atoms with van der Waals surface area (Å²) in [6, 6.07) is 11.9. The van der Waals surface area contributed by atoms with E-state index in [1.807, 2.05) is 35.9 Å². The standard InChI is InChI=1S/C20H20N4O2/c1-3-23-13-16(11-21-23)22-20(25)18-10-19-17(8-9-26-19)24(18)12-15-7-5-4-6-14(15)2/h4-11,13H,3,12H2,1-2H3,(H,22,25). The number of furan rings is 1. The third kappa shape index (κ3) is 2.90. The highest BCUT2D eigenvalue weighted by molar-refractivity contribution is 6.05. The molecule has 0 fully saturated rings. The first-order chi connectivity index (χ1) is 12.7. The molecule has 0 bridgehead atoms. The fourth-order valence-electron chi connectivity index (χ4n) is 3.09. The second-order valence-corrected chi connectivity index (χ2v) is 6.25. The summed E-state index contributed by atoms with van der Waals surface area (Å²) < 4.78 is 9.27. The lowest BCUT2D eigenvalue weighted by molar-refractivity contribution is 0.101. The molecule has 1 N–H and O–H groups in total. The Morgan fingerprint density at radius 2 is 2.12 bits per heavy atom. The van der Waals surface area contributed by atoms with E-state index in [-0.39, 0.29) is 5.91 Å². The SMILES string of the molecule is CCn1cc(NC(=O)c2cc3occc3n2Cc2ccccc2C)cn1. The average molecular weight is 348 g/mol. The average Bonchev–Trinajstić information content (AvgIpc) is 3.34. The molecular weight excluding hydrogens is 328 g/mol. The van der Waals surface area contributed by atoms with Crippen molar-refractivity contribution in [3.63, 3.8) is 0 Å². The van der Waals surface area contributed by atoms with Gasteiger partial charge in [0, 0.05) is 31.4 Å². The molecule has 0 aliphatic carbocycles. The summed E-state index contributed by atoms with van der Waals surface area (Å²) in [7, 11) is 0. The minimum absolute atomic E-state index is 0.180. The number of fused-ring (bicyclic) bond motifs is 1. The number of rotatable bonds is 5. The summed E-state index contributed by atoms with van der Waals surface area (Å²) in [5.41, 5.74) is 5.20. The molecule has 6 heteroatoms. The van der Waals surface area contributed by atoms with Crippen LogP contribution < -0.4 is 5.32 Å². The fourth-order valence-corrected chi connectivity index (χ4v) is 3.09. The van der Waals surface area contributed by atoms with Crippen LogP contribution in [0, 0.1) is 6.92 Å². The number of hydrogen-bond donors (Lipinski definition) is 1. The molecule has 6 nitrogen and oxygen atoms in total. The van der Waals surface area contributed by atoms with E-state index in [0.717, 1.165) is 12.1 Å². The van der Waals surface area contributed by atoms with Gasteiger partial charge in [-0.15, -0.1) is 0 Å². The Balaban J connectivity index is 1.69. The summed E-state index contributed by atoms with van der Waals surface area (Å²) in [6.07, 6.45) is 5.11. The van der Waals surface area contributed by atoms with E-state index in [0.29, 0.717) is 23.5 Å². The van der Waals surface area contributed by atoms with Crippen molar-refractivity contribution >= 4 is 22.7 Å².